The summed E-state index contributed by atoms with van der Waals surface area (Å²) in [6.45, 7) is 5.69. The van der Waals surface area contributed by atoms with Crippen molar-refractivity contribution in [2.75, 3.05) is 11.6 Å². The molecule has 0 aliphatic rings. The van der Waals surface area contributed by atoms with Crippen LogP contribution in [0.2, 0.25) is 0 Å². The maximum atomic E-state index is 11.4. The first-order valence-corrected chi connectivity index (χ1v) is 6.37. The first-order chi connectivity index (χ1) is 7.52. The normalized spacial score (nSPS) is 10.3. The molecule has 16 heavy (non-hydrogen) atoms. The highest BCUT2D eigenvalue weighted by Crippen LogP contribution is 2.23. The fourth-order valence-corrected chi connectivity index (χ4v) is 1.89. The lowest BCUT2D eigenvalue weighted by Gasteiger charge is -2.11. The first kappa shape index (κ1) is 12.9. The average Bonchev–Trinajstić information content (AvgIpc) is 2.19. The Bertz CT molecular complexity index is 377. The van der Waals surface area contributed by atoms with Crippen LogP contribution >= 0.6 is 11.8 Å². The summed E-state index contributed by atoms with van der Waals surface area (Å²) in [6, 6.07) is 5.80. The summed E-state index contributed by atoms with van der Waals surface area (Å²) in [6.07, 6.45) is 1.50. The van der Waals surface area contributed by atoms with E-state index >= 15 is 0 Å². The Labute approximate surface area is 101 Å². The molecule has 0 aromatic heterocycles. The number of carbonyl (C=O) groups is 1. The van der Waals surface area contributed by atoms with Crippen molar-refractivity contribution in [1.29, 1.82) is 0 Å². The number of carbonyl (C=O) groups excluding carboxylic acids is 1. The molecule has 88 valence electrons. The Morgan fingerprint density at radius 2 is 2.12 bits per heavy atom. The highest BCUT2D eigenvalue weighted by Gasteiger charge is 2.06. The van der Waals surface area contributed by atoms with Gasteiger partial charge in [0.1, 0.15) is 0 Å². The smallest absolute Gasteiger partial charge is 0.411 e. The van der Waals surface area contributed by atoms with Gasteiger partial charge in [0.05, 0.1) is 6.10 Å². The summed E-state index contributed by atoms with van der Waals surface area (Å²) in [5.41, 5.74) is 1.97. The minimum atomic E-state index is -0.411. The number of hydrogen-bond donors (Lipinski definition) is 1. The summed E-state index contributed by atoms with van der Waals surface area (Å²) in [7, 11) is 0. The van der Waals surface area contributed by atoms with E-state index < -0.39 is 6.09 Å². The molecule has 1 amide bonds. The van der Waals surface area contributed by atoms with Crippen LogP contribution in [0.25, 0.3) is 0 Å². The summed E-state index contributed by atoms with van der Waals surface area (Å²) in [5, 5.41) is 2.70. The molecule has 1 N–H and O–H groups in total. The molecule has 0 radical (unpaired) electrons. The number of benzene rings is 1. The van der Waals surface area contributed by atoms with Gasteiger partial charge in [-0.25, -0.2) is 4.79 Å². The van der Waals surface area contributed by atoms with Gasteiger partial charge >= 0.3 is 6.09 Å². The lowest BCUT2D eigenvalue weighted by molar-refractivity contribution is 0.130. The van der Waals surface area contributed by atoms with E-state index in [2.05, 4.69) is 5.32 Å². The molecule has 0 aliphatic heterocycles. The molecule has 1 aromatic carbocycles. The van der Waals surface area contributed by atoms with E-state index in [4.69, 9.17) is 4.74 Å². The van der Waals surface area contributed by atoms with Crippen LogP contribution in [0.1, 0.15) is 19.4 Å². The topological polar surface area (TPSA) is 38.3 Å². The van der Waals surface area contributed by atoms with E-state index in [-0.39, 0.29) is 6.10 Å². The van der Waals surface area contributed by atoms with Crippen LogP contribution in [0.4, 0.5) is 10.5 Å². The zero-order valence-corrected chi connectivity index (χ0v) is 10.9. The highest BCUT2D eigenvalue weighted by molar-refractivity contribution is 7.98. The predicted molar refractivity (Wildman–Crippen MR) is 68.2 cm³/mol. The van der Waals surface area contributed by atoms with E-state index in [9.17, 15) is 4.79 Å². The first-order valence-electron chi connectivity index (χ1n) is 5.15. The summed E-state index contributed by atoms with van der Waals surface area (Å²) >= 11 is 1.66. The van der Waals surface area contributed by atoms with Gasteiger partial charge in [-0.15, -0.1) is 11.8 Å². The van der Waals surface area contributed by atoms with E-state index in [1.54, 1.807) is 11.8 Å². The lowest BCUT2D eigenvalue weighted by atomic mass is 10.2. The molecule has 0 saturated carbocycles. The third kappa shape index (κ3) is 3.77. The van der Waals surface area contributed by atoms with Crippen molar-refractivity contribution in [3.8, 4) is 0 Å². The fraction of sp³-hybridized carbons (Fsp3) is 0.417. The molecule has 0 bridgehead atoms. The van der Waals surface area contributed by atoms with E-state index in [1.165, 1.54) is 5.56 Å². The van der Waals surface area contributed by atoms with Crippen molar-refractivity contribution in [2.45, 2.75) is 31.8 Å². The second kappa shape index (κ2) is 5.80. The second-order valence-corrected chi connectivity index (χ2v) is 4.61. The molecule has 0 heterocycles. The van der Waals surface area contributed by atoms with Gasteiger partial charge in [0, 0.05) is 10.6 Å². The standard InChI is InChI=1S/C12H17NO2S/c1-8(2)15-12(14)13-10-6-5-9(3)11(7-10)16-4/h5-8H,1-4H3,(H,13,14). The number of nitrogens with one attached hydrogen (secondary N) is 1. The Kier molecular flexibility index (Phi) is 4.68. The van der Waals surface area contributed by atoms with Gasteiger partial charge in [0.25, 0.3) is 0 Å². The molecule has 0 saturated heterocycles. The Hall–Kier alpha value is -1.16. The molecule has 0 unspecified atom stereocenters. The molecule has 0 fully saturated rings. The molecule has 0 aliphatic carbocycles. The van der Waals surface area contributed by atoms with Crippen LogP contribution in [0, 0.1) is 6.92 Å². The Balaban J connectivity index is 2.71. The van der Waals surface area contributed by atoms with Crippen LogP contribution in [0.3, 0.4) is 0 Å². The zero-order valence-electron chi connectivity index (χ0n) is 10.0. The largest absolute Gasteiger partial charge is 0.447 e. The third-order valence-corrected chi connectivity index (χ3v) is 2.88. The maximum absolute atomic E-state index is 11.4. The number of aryl methyl sites for hydroxylation is 1. The van der Waals surface area contributed by atoms with Gasteiger partial charge in [-0.3, -0.25) is 5.32 Å². The van der Waals surface area contributed by atoms with Crippen molar-refractivity contribution in [3.63, 3.8) is 0 Å². The summed E-state index contributed by atoms with van der Waals surface area (Å²) in [5.74, 6) is 0. The SMILES string of the molecule is CSc1cc(NC(=O)OC(C)C)ccc1C. The molecular formula is C12H17NO2S. The molecular weight excluding hydrogens is 222 g/mol. The van der Waals surface area contributed by atoms with Crippen molar-refractivity contribution in [3.05, 3.63) is 23.8 Å². The molecule has 0 atom stereocenters. The summed E-state index contributed by atoms with van der Waals surface area (Å²) < 4.78 is 5.00. The van der Waals surface area contributed by atoms with Crippen molar-refractivity contribution < 1.29 is 9.53 Å². The van der Waals surface area contributed by atoms with Crippen LogP contribution in [-0.4, -0.2) is 18.5 Å². The minimum Gasteiger partial charge on any atom is -0.447 e. The van der Waals surface area contributed by atoms with Gasteiger partial charge < -0.3 is 4.74 Å². The number of rotatable bonds is 3. The monoisotopic (exact) mass is 239 g/mol. The third-order valence-electron chi connectivity index (χ3n) is 2.00. The molecule has 0 spiro atoms. The maximum Gasteiger partial charge on any atom is 0.411 e. The molecule has 4 heteroatoms. The number of thioether (sulfide) groups is 1. The number of amides is 1. The minimum absolute atomic E-state index is 0.106. The van der Waals surface area contributed by atoms with Gasteiger partial charge in [0.2, 0.25) is 0 Å². The van der Waals surface area contributed by atoms with Gasteiger partial charge in [0.15, 0.2) is 0 Å². The van der Waals surface area contributed by atoms with Crippen LogP contribution < -0.4 is 5.32 Å². The fourth-order valence-electron chi connectivity index (χ4n) is 1.26. The lowest BCUT2D eigenvalue weighted by Crippen LogP contribution is -2.17. The van der Waals surface area contributed by atoms with E-state index in [1.807, 2.05) is 45.2 Å². The molecule has 1 aromatic rings. The average molecular weight is 239 g/mol. The predicted octanol–water partition coefficient (Wildman–Crippen LogP) is 3.67. The second-order valence-electron chi connectivity index (χ2n) is 3.76. The molecule has 1 rings (SSSR count). The zero-order chi connectivity index (χ0) is 12.1. The Morgan fingerprint density at radius 3 is 2.69 bits per heavy atom. The van der Waals surface area contributed by atoms with E-state index in [0.29, 0.717) is 0 Å². The van der Waals surface area contributed by atoms with Crippen molar-refractivity contribution in [1.82, 2.24) is 0 Å². The van der Waals surface area contributed by atoms with Crippen LogP contribution in [0.15, 0.2) is 23.1 Å². The summed E-state index contributed by atoms with van der Waals surface area (Å²) in [4.78, 5) is 12.5. The van der Waals surface area contributed by atoms with E-state index in [0.717, 1.165) is 10.6 Å². The number of anilines is 1. The van der Waals surface area contributed by atoms with Crippen LogP contribution in [-0.2, 0) is 4.74 Å². The highest BCUT2D eigenvalue weighted by atomic mass is 32.2. The Morgan fingerprint density at radius 1 is 1.44 bits per heavy atom. The molecule has 3 nitrogen and oxygen atoms in total. The number of ether oxygens (including phenoxy) is 1. The quantitative estimate of drug-likeness (QED) is 0.818. The van der Waals surface area contributed by atoms with Gasteiger partial charge in [-0.05, 0) is 44.7 Å². The van der Waals surface area contributed by atoms with Gasteiger partial charge in [-0.2, -0.15) is 0 Å². The van der Waals surface area contributed by atoms with Gasteiger partial charge in [-0.1, -0.05) is 6.07 Å². The number of hydrogen-bond acceptors (Lipinski definition) is 3. The van der Waals surface area contributed by atoms with Crippen LogP contribution in [0.5, 0.6) is 0 Å². The van der Waals surface area contributed by atoms with Crippen molar-refractivity contribution in [2.24, 2.45) is 0 Å². The van der Waals surface area contributed by atoms with Crippen molar-refractivity contribution >= 4 is 23.5 Å².